The average molecular weight is 310 g/mol. The first-order valence-electron chi connectivity index (χ1n) is 6.48. The van der Waals surface area contributed by atoms with Crippen molar-refractivity contribution in [2.24, 2.45) is 0 Å². The highest BCUT2D eigenvalue weighted by molar-refractivity contribution is 7.77. The fourth-order valence-corrected chi connectivity index (χ4v) is 2.17. The van der Waals surface area contributed by atoms with Crippen LogP contribution >= 0.6 is 0 Å². The Hall–Kier alpha value is -1.22. The topological polar surface area (TPSA) is 87.7 Å². The lowest BCUT2D eigenvalue weighted by atomic mass is 9.79. The number of hydrogen-bond acceptors (Lipinski definition) is 5. The maximum Gasteiger partial charge on any atom is 0.494 e. The molecule has 8 heteroatoms. The van der Waals surface area contributed by atoms with Crippen molar-refractivity contribution >= 4 is 29.8 Å². The molecule has 1 atom stereocenters. The minimum absolute atomic E-state index is 0.250. The third kappa shape index (κ3) is 3.34. The van der Waals surface area contributed by atoms with Gasteiger partial charge in [0, 0.05) is 16.8 Å². The zero-order valence-electron chi connectivity index (χ0n) is 12.3. The first kappa shape index (κ1) is 16.2. The van der Waals surface area contributed by atoms with E-state index in [4.69, 9.17) is 9.31 Å². The summed E-state index contributed by atoms with van der Waals surface area (Å²) in [6, 6.07) is 6.43. The molecule has 0 aliphatic carbocycles. The van der Waals surface area contributed by atoms with Crippen molar-refractivity contribution in [2.45, 2.75) is 38.9 Å². The second-order valence-corrected chi connectivity index (χ2v) is 6.55. The molecule has 1 unspecified atom stereocenters. The van der Waals surface area contributed by atoms with Crippen LogP contribution in [0.4, 0.5) is 0 Å². The minimum Gasteiger partial charge on any atom is -0.755 e. The zero-order valence-corrected chi connectivity index (χ0v) is 13.2. The molecule has 0 radical (unpaired) electrons. The molecule has 1 fully saturated rings. The second kappa shape index (κ2) is 5.53. The lowest BCUT2D eigenvalue weighted by Gasteiger charge is -2.32. The predicted octanol–water partition coefficient (Wildman–Crippen LogP) is 0.510. The highest BCUT2D eigenvalue weighted by atomic mass is 32.2. The van der Waals surface area contributed by atoms with E-state index < -0.39 is 35.5 Å². The van der Waals surface area contributed by atoms with Gasteiger partial charge in [0.1, 0.15) is 0 Å². The van der Waals surface area contributed by atoms with Crippen molar-refractivity contribution in [3.05, 3.63) is 29.8 Å². The molecule has 1 amide bonds. The van der Waals surface area contributed by atoms with E-state index in [1.165, 1.54) is 12.1 Å². The molecule has 1 N–H and O–H groups in total. The quantitative estimate of drug-likeness (QED) is 0.649. The number of amides is 1. The van der Waals surface area contributed by atoms with E-state index in [0.717, 1.165) is 5.46 Å². The Labute approximate surface area is 126 Å². The number of hydrogen-bond donors (Lipinski definition) is 1. The highest BCUT2D eigenvalue weighted by Crippen LogP contribution is 2.36. The van der Waals surface area contributed by atoms with Crippen LogP contribution in [0.15, 0.2) is 24.3 Å². The van der Waals surface area contributed by atoms with Crippen LogP contribution in [0.1, 0.15) is 38.1 Å². The molecule has 0 spiro atoms. The van der Waals surface area contributed by atoms with E-state index in [9.17, 15) is 13.6 Å². The van der Waals surface area contributed by atoms with Crippen LogP contribution in [0.5, 0.6) is 0 Å². The molecule has 1 saturated heterocycles. The van der Waals surface area contributed by atoms with Gasteiger partial charge in [-0.2, -0.15) is 0 Å². The van der Waals surface area contributed by atoms with Crippen molar-refractivity contribution in [1.29, 1.82) is 0 Å². The van der Waals surface area contributed by atoms with Gasteiger partial charge in [0.25, 0.3) is 5.91 Å². The normalized spacial score (nSPS) is 21.1. The minimum atomic E-state index is -2.62. The van der Waals surface area contributed by atoms with Gasteiger partial charge < -0.3 is 13.9 Å². The van der Waals surface area contributed by atoms with Crippen LogP contribution in [0, 0.1) is 0 Å². The molecule has 6 nitrogen and oxygen atoms in total. The molecule has 1 aliphatic rings. The zero-order chi connectivity index (χ0) is 15.8. The third-order valence-corrected chi connectivity index (χ3v) is 4.23. The SMILES string of the molecule is CC1(C)OB(c2ccc(C(=O)NS(=O)[O-])cc2)OC1(C)C. The van der Waals surface area contributed by atoms with Gasteiger partial charge in [-0.05, 0) is 45.3 Å². The van der Waals surface area contributed by atoms with Crippen molar-refractivity contribution in [1.82, 2.24) is 4.72 Å². The van der Waals surface area contributed by atoms with Crippen molar-refractivity contribution in [3.8, 4) is 0 Å². The fourth-order valence-electron chi connectivity index (χ4n) is 1.91. The van der Waals surface area contributed by atoms with Gasteiger partial charge in [0.05, 0.1) is 11.2 Å². The number of nitrogens with one attached hydrogen (secondary N) is 1. The number of carbonyl (C=O) groups excluding carboxylic acids is 1. The summed E-state index contributed by atoms with van der Waals surface area (Å²) in [6.45, 7) is 7.83. The Morgan fingerprint density at radius 3 is 2.05 bits per heavy atom. The van der Waals surface area contributed by atoms with E-state index in [1.807, 2.05) is 27.7 Å². The van der Waals surface area contributed by atoms with Crippen LogP contribution in [0.2, 0.25) is 0 Å². The number of rotatable bonds is 3. The Kier molecular flexibility index (Phi) is 4.25. The fraction of sp³-hybridized carbons (Fsp3) is 0.462. The summed E-state index contributed by atoms with van der Waals surface area (Å²) < 4.78 is 34.4. The predicted molar refractivity (Wildman–Crippen MR) is 78.5 cm³/mol. The summed E-state index contributed by atoms with van der Waals surface area (Å²) in [5, 5.41) is 0. The van der Waals surface area contributed by atoms with E-state index in [-0.39, 0.29) is 5.56 Å². The summed E-state index contributed by atoms with van der Waals surface area (Å²) in [7, 11) is -0.513. The average Bonchev–Trinajstić information content (AvgIpc) is 2.58. The Morgan fingerprint density at radius 1 is 1.14 bits per heavy atom. The molecule has 2 rings (SSSR count). The Morgan fingerprint density at radius 2 is 1.62 bits per heavy atom. The first-order chi connectivity index (χ1) is 9.62. The third-order valence-electron chi connectivity index (χ3n) is 3.87. The first-order valence-corrected chi connectivity index (χ1v) is 7.56. The summed E-state index contributed by atoms with van der Waals surface area (Å²) in [5.74, 6) is -0.677. The molecular weight excluding hydrogens is 293 g/mol. The van der Waals surface area contributed by atoms with E-state index in [0.29, 0.717) is 0 Å². The summed E-state index contributed by atoms with van der Waals surface area (Å²) in [6.07, 6.45) is 0. The molecule has 21 heavy (non-hydrogen) atoms. The van der Waals surface area contributed by atoms with Crippen LogP contribution in [0.25, 0.3) is 0 Å². The summed E-state index contributed by atoms with van der Waals surface area (Å²) in [5.41, 5.74) is 0.147. The molecule has 0 bridgehead atoms. The summed E-state index contributed by atoms with van der Waals surface area (Å²) in [4.78, 5) is 11.5. The van der Waals surface area contributed by atoms with Crippen LogP contribution in [0.3, 0.4) is 0 Å². The molecule has 1 aliphatic heterocycles. The summed E-state index contributed by atoms with van der Waals surface area (Å²) >= 11 is -2.62. The number of carbonyl (C=O) groups is 1. The van der Waals surface area contributed by atoms with Crippen LogP contribution in [-0.2, 0) is 20.6 Å². The molecule has 1 aromatic rings. The molecule has 0 aromatic heterocycles. The van der Waals surface area contributed by atoms with Crippen molar-refractivity contribution in [3.63, 3.8) is 0 Å². The number of benzene rings is 1. The monoisotopic (exact) mass is 310 g/mol. The van der Waals surface area contributed by atoms with Gasteiger partial charge in [-0.1, -0.05) is 12.1 Å². The van der Waals surface area contributed by atoms with Crippen molar-refractivity contribution in [2.75, 3.05) is 0 Å². The van der Waals surface area contributed by atoms with Gasteiger partial charge in [-0.15, -0.1) is 0 Å². The van der Waals surface area contributed by atoms with E-state index in [1.54, 1.807) is 16.9 Å². The van der Waals surface area contributed by atoms with Crippen LogP contribution < -0.4 is 10.2 Å². The van der Waals surface area contributed by atoms with Gasteiger partial charge in [0.2, 0.25) is 0 Å². The maximum atomic E-state index is 11.5. The molecule has 1 heterocycles. The molecular formula is C13H17BNO5S-. The Bertz CT molecular complexity index is 556. The highest BCUT2D eigenvalue weighted by Gasteiger charge is 2.51. The maximum absolute atomic E-state index is 11.5. The molecule has 114 valence electrons. The van der Waals surface area contributed by atoms with E-state index in [2.05, 4.69) is 0 Å². The lowest BCUT2D eigenvalue weighted by molar-refractivity contribution is 0.00578. The van der Waals surface area contributed by atoms with Gasteiger partial charge in [0.15, 0.2) is 0 Å². The molecule has 1 aromatic carbocycles. The largest absolute Gasteiger partial charge is 0.755 e. The smallest absolute Gasteiger partial charge is 0.494 e. The second-order valence-electron chi connectivity index (χ2n) is 5.88. The van der Waals surface area contributed by atoms with Gasteiger partial charge in [-0.25, -0.2) is 0 Å². The Balaban J connectivity index is 2.14. The van der Waals surface area contributed by atoms with Gasteiger partial charge >= 0.3 is 7.12 Å². The lowest BCUT2D eigenvalue weighted by Crippen LogP contribution is -2.41. The van der Waals surface area contributed by atoms with Crippen molar-refractivity contribution < 1.29 is 22.9 Å². The van der Waals surface area contributed by atoms with E-state index >= 15 is 0 Å². The van der Waals surface area contributed by atoms with Gasteiger partial charge in [-0.3, -0.25) is 13.7 Å². The van der Waals surface area contributed by atoms with Crippen LogP contribution in [-0.4, -0.2) is 33.0 Å². The standard InChI is InChI=1S/C13H18BNO5S/c1-12(2)13(3,4)20-14(19-12)10-7-5-9(6-8-10)11(16)15-21(17)18/h5-8H,1-4H3,(H,15,16)(H,17,18)/p-1. The molecule has 0 saturated carbocycles.